The van der Waals surface area contributed by atoms with Crippen LogP contribution in [-0.2, 0) is 21.2 Å². The van der Waals surface area contributed by atoms with Gasteiger partial charge < -0.3 is 10.2 Å². The van der Waals surface area contributed by atoms with Gasteiger partial charge in [0.1, 0.15) is 0 Å². The molecule has 9 heteroatoms. The van der Waals surface area contributed by atoms with Crippen LogP contribution in [0.15, 0.2) is 64.9 Å². The Morgan fingerprint density at radius 2 is 1.81 bits per heavy atom. The Morgan fingerprint density at radius 1 is 1.06 bits per heavy atom. The van der Waals surface area contributed by atoms with E-state index in [0.717, 1.165) is 17.7 Å². The van der Waals surface area contributed by atoms with E-state index in [0.29, 0.717) is 29.2 Å². The smallest absolute Gasteiger partial charge is 0.268 e. The van der Waals surface area contributed by atoms with Crippen LogP contribution in [0.4, 0.5) is 17.1 Å². The van der Waals surface area contributed by atoms with Gasteiger partial charge in [-0.15, -0.1) is 11.3 Å². The summed E-state index contributed by atoms with van der Waals surface area (Å²) >= 11 is 1.38. The number of hydrogen-bond acceptors (Lipinski definition) is 5. The average molecular weight is 456 g/mol. The van der Waals surface area contributed by atoms with E-state index in [1.165, 1.54) is 23.5 Å². The van der Waals surface area contributed by atoms with Crippen molar-refractivity contribution < 1.29 is 18.0 Å². The van der Waals surface area contributed by atoms with Crippen LogP contribution >= 0.6 is 11.3 Å². The molecular weight excluding hydrogens is 434 g/mol. The zero-order valence-corrected chi connectivity index (χ0v) is 18.4. The van der Waals surface area contributed by atoms with E-state index >= 15 is 0 Å². The highest BCUT2D eigenvalue weighted by Gasteiger charge is 2.27. The lowest BCUT2D eigenvalue weighted by Gasteiger charge is -2.17. The number of carbonyl (C=O) groups excluding carboxylic acids is 2. The lowest BCUT2D eigenvalue weighted by atomic mass is 10.1. The number of fused-ring (bicyclic) bond motifs is 1. The number of nitrogens with one attached hydrogen (secondary N) is 2. The molecule has 0 spiro atoms. The van der Waals surface area contributed by atoms with Crippen molar-refractivity contribution in [2.75, 3.05) is 21.5 Å². The molecule has 0 atom stereocenters. The van der Waals surface area contributed by atoms with Crippen LogP contribution in [0.3, 0.4) is 0 Å². The largest absolute Gasteiger partial charge is 0.326 e. The Hall–Kier alpha value is -3.17. The van der Waals surface area contributed by atoms with Crippen molar-refractivity contribution in [3.05, 3.63) is 70.4 Å². The predicted octanol–water partition coefficient (Wildman–Crippen LogP) is 4.10. The first kappa shape index (κ1) is 21.1. The maximum atomic E-state index is 12.8. The van der Waals surface area contributed by atoms with Gasteiger partial charge in [0.2, 0.25) is 5.91 Å². The summed E-state index contributed by atoms with van der Waals surface area (Å²) in [6.07, 6.45) is 1.07. The molecular formula is C22H21N3O4S2. The quantitative estimate of drug-likeness (QED) is 0.585. The van der Waals surface area contributed by atoms with Gasteiger partial charge in [0, 0.05) is 24.3 Å². The first-order valence-electron chi connectivity index (χ1n) is 9.78. The minimum Gasteiger partial charge on any atom is -0.326 e. The summed E-state index contributed by atoms with van der Waals surface area (Å²) in [5.74, 6) is -0.230. The number of sulfonamides is 1. The standard InChI is InChI=1S/C22H21N3O4S2/c1-2-21(26)23-16-7-9-18(10-8-16)31(28,29)24-17-6-5-15-11-12-25(19(15)14-17)22(27)20-4-3-13-30-20/h3-10,13-14,24H,2,11-12H2,1H3,(H,23,26). The molecule has 0 bridgehead atoms. The van der Waals surface area contributed by atoms with Crippen molar-refractivity contribution >= 4 is 50.2 Å². The summed E-state index contributed by atoms with van der Waals surface area (Å²) in [7, 11) is -3.83. The van der Waals surface area contributed by atoms with Gasteiger partial charge in [0.25, 0.3) is 15.9 Å². The third-order valence-electron chi connectivity index (χ3n) is 4.98. The van der Waals surface area contributed by atoms with E-state index < -0.39 is 10.0 Å². The summed E-state index contributed by atoms with van der Waals surface area (Å²) in [6.45, 7) is 2.30. The van der Waals surface area contributed by atoms with Crippen molar-refractivity contribution in [3.8, 4) is 0 Å². The number of carbonyl (C=O) groups is 2. The van der Waals surface area contributed by atoms with Crippen LogP contribution < -0.4 is 14.9 Å². The van der Waals surface area contributed by atoms with Gasteiger partial charge in [0.05, 0.1) is 15.5 Å². The molecule has 0 fully saturated rings. The van der Waals surface area contributed by atoms with Gasteiger partial charge in [-0.2, -0.15) is 0 Å². The second-order valence-corrected chi connectivity index (χ2v) is 9.69. The minimum atomic E-state index is -3.83. The van der Waals surface area contributed by atoms with Gasteiger partial charge in [-0.25, -0.2) is 8.42 Å². The molecule has 0 saturated carbocycles. The van der Waals surface area contributed by atoms with Crippen molar-refractivity contribution in [2.45, 2.75) is 24.7 Å². The van der Waals surface area contributed by atoms with E-state index in [4.69, 9.17) is 0 Å². The van der Waals surface area contributed by atoms with Crippen LogP contribution in [0, 0.1) is 0 Å². The second-order valence-electron chi connectivity index (χ2n) is 7.06. The maximum Gasteiger partial charge on any atom is 0.268 e. The van der Waals surface area contributed by atoms with E-state index in [9.17, 15) is 18.0 Å². The maximum absolute atomic E-state index is 12.8. The van der Waals surface area contributed by atoms with Crippen LogP contribution in [0.25, 0.3) is 0 Å². The van der Waals surface area contributed by atoms with Gasteiger partial charge in [-0.3, -0.25) is 14.3 Å². The number of anilines is 3. The zero-order valence-electron chi connectivity index (χ0n) is 16.8. The summed E-state index contributed by atoms with van der Waals surface area (Å²) in [5.41, 5.74) is 2.64. The summed E-state index contributed by atoms with van der Waals surface area (Å²) in [6, 6.07) is 14.8. The number of amides is 2. The second kappa shape index (κ2) is 8.52. The molecule has 7 nitrogen and oxygen atoms in total. The van der Waals surface area contributed by atoms with E-state index in [-0.39, 0.29) is 16.7 Å². The fourth-order valence-corrected chi connectivity index (χ4v) is 5.09. The Bertz CT molecular complexity index is 1220. The highest BCUT2D eigenvalue weighted by molar-refractivity contribution is 7.92. The van der Waals surface area contributed by atoms with Gasteiger partial charge in [-0.1, -0.05) is 19.1 Å². The van der Waals surface area contributed by atoms with Crippen LogP contribution in [0.5, 0.6) is 0 Å². The molecule has 1 aliphatic rings. The zero-order chi connectivity index (χ0) is 22.0. The average Bonchev–Trinajstić information content (AvgIpc) is 3.43. The molecule has 2 N–H and O–H groups in total. The molecule has 0 radical (unpaired) electrons. The summed E-state index contributed by atoms with van der Waals surface area (Å²) in [5, 5.41) is 4.54. The SMILES string of the molecule is CCC(=O)Nc1ccc(S(=O)(=O)Nc2ccc3c(c2)N(C(=O)c2cccs2)CC3)cc1. The number of hydrogen-bond donors (Lipinski definition) is 2. The summed E-state index contributed by atoms with van der Waals surface area (Å²) in [4.78, 5) is 26.7. The third-order valence-corrected chi connectivity index (χ3v) is 7.23. The lowest BCUT2D eigenvalue weighted by molar-refractivity contribution is -0.115. The highest BCUT2D eigenvalue weighted by Crippen LogP contribution is 2.33. The third kappa shape index (κ3) is 4.47. The van der Waals surface area contributed by atoms with Gasteiger partial charge >= 0.3 is 0 Å². The first-order valence-corrected chi connectivity index (χ1v) is 12.1. The molecule has 0 saturated heterocycles. The molecule has 2 aromatic carbocycles. The van der Waals surface area contributed by atoms with E-state index in [1.54, 1.807) is 42.2 Å². The van der Waals surface area contributed by atoms with Crippen LogP contribution in [0.1, 0.15) is 28.6 Å². The van der Waals surface area contributed by atoms with Crippen molar-refractivity contribution in [3.63, 3.8) is 0 Å². The van der Waals surface area contributed by atoms with Crippen LogP contribution in [-0.4, -0.2) is 26.8 Å². The number of nitrogens with zero attached hydrogens (tertiary/aromatic N) is 1. The Labute approximate surface area is 184 Å². The molecule has 160 valence electrons. The highest BCUT2D eigenvalue weighted by atomic mass is 32.2. The fourth-order valence-electron chi connectivity index (χ4n) is 3.37. The minimum absolute atomic E-state index is 0.0778. The van der Waals surface area contributed by atoms with Crippen LogP contribution in [0.2, 0.25) is 0 Å². The molecule has 1 aliphatic heterocycles. The lowest BCUT2D eigenvalue weighted by Crippen LogP contribution is -2.28. The van der Waals surface area contributed by atoms with E-state index in [2.05, 4.69) is 10.0 Å². The van der Waals surface area contributed by atoms with E-state index in [1.807, 2.05) is 17.5 Å². The van der Waals surface area contributed by atoms with Crippen molar-refractivity contribution in [1.29, 1.82) is 0 Å². The predicted molar refractivity (Wildman–Crippen MR) is 122 cm³/mol. The summed E-state index contributed by atoms with van der Waals surface area (Å²) < 4.78 is 28.2. The fraction of sp³-hybridized carbons (Fsp3) is 0.182. The Balaban J connectivity index is 1.54. The monoisotopic (exact) mass is 455 g/mol. The topological polar surface area (TPSA) is 95.6 Å². The van der Waals surface area contributed by atoms with Crippen molar-refractivity contribution in [2.24, 2.45) is 0 Å². The number of thiophene rings is 1. The number of benzene rings is 2. The molecule has 2 amide bonds. The van der Waals surface area contributed by atoms with Gasteiger partial charge in [-0.05, 0) is 59.8 Å². The number of rotatable bonds is 6. The molecule has 3 aromatic rings. The first-order chi connectivity index (χ1) is 14.9. The Morgan fingerprint density at radius 3 is 2.48 bits per heavy atom. The van der Waals surface area contributed by atoms with Crippen molar-refractivity contribution in [1.82, 2.24) is 0 Å². The molecule has 2 heterocycles. The molecule has 4 rings (SSSR count). The Kier molecular flexibility index (Phi) is 5.79. The normalized spacial score (nSPS) is 13.0. The molecule has 0 aliphatic carbocycles. The molecule has 1 aromatic heterocycles. The van der Waals surface area contributed by atoms with Gasteiger partial charge in [0.15, 0.2) is 0 Å². The molecule has 31 heavy (non-hydrogen) atoms. The molecule has 0 unspecified atom stereocenters.